The van der Waals surface area contributed by atoms with Crippen molar-refractivity contribution in [2.24, 2.45) is 5.92 Å². The van der Waals surface area contributed by atoms with Gasteiger partial charge in [0.1, 0.15) is 16.2 Å². The molecule has 3 aromatic rings. The van der Waals surface area contributed by atoms with E-state index in [1.165, 1.54) is 27.1 Å². The molecule has 1 atom stereocenters. The monoisotopic (exact) mass is 405 g/mol. The minimum absolute atomic E-state index is 0.0467. The number of aromatic nitrogens is 2. The van der Waals surface area contributed by atoms with E-state index in [1.807, 2.05) is 6.07 Å². The van der Waals surface area contributed by atoms with Gasteiger partial charge in [0.2, 0.25) is 5.91 Å². The van der Waals surface area contributed by atoms with E-state index in [9.17, 15) is 4.79 Å². The van der Waals surface area contributed by atoms with Crippen molar-refractivity contribution < 1.29 is 4.79 Å². The summed E-state index contributed by atoms with van der Waals surface area (Å²) in [5.74, 6) is 0.929. The number of aryl methyl sites for hydroxylation is 2. The van der Waals surface area contributed by atoms with E-state index in [0.29, 0.717) is 11.7 Å². The van der Waals surface area contributed by atoms with E-state index >= 15 is 0 Å². The van der Waals surface area contributed by atoms with E-state index in [2.05, 4.69) is 54.4 Å². The van der Waals surface area contributed by atoms with Gasteiger partial charge in [-0.1, -0.05) is 31.7 Å². The number of amides is 1. The van der Waals surface area contributed by atoms with Crippen molar-refractivity contribution in [2.75, 3.05) is 5.75 Å². The molecule has 0 spiro atoms. The van der Waals surface area contributed by atoms with Crippen molar-refractivity contribution in [2.45, 2.75) is 45.2 Å². The second kappa shape index (κ2) is 8.50. The maximum Gasteiger partial charge on any atom is 0.230 e. The zero-order chi connectivity index (χ0) is 18.7. The number of rotatable bonds is 7. The zero-order valence-electron chi connectivity index (χ0n) is 15.4. The first kappa shape index (κ1) is 19.3. The van der Waals surface area contributed by atoms with Gasteiger partial charge in [0, 0.05) is 15.1 Å². The Kier molecular flexibility index (Phi) is 6.32. The zero-order valence-corrected chi connectivity index (χ0v) is 17.9. The maximum atomic E-state index is 12.6. The van der Waals surface area contributed by atoms with Gasteiger partial charge in [-0.15, -0.1) is 22.7 Å². The molecule has 0 saturated heterocycles. The number of carbonyl (C=O) groups excluding carboxylic acids is 1. The Morgan fingerprint density at radius 1 is 1.31 bits per heavy atom. The average molecular weight is 406 g/mol. The molecular weight excluding hydrogens is 382 g/mol. The number of carbonyl (C=O) groups is 1. The molecule has 0 bridgehead atoms. The molecule has 0 radical (unpaired) electrons. The number of thioether (sulfide) groups is 1. The van der Waals surface area contributed by atoms with Gasteiger partial charge in [-0.25, -0.2) is 9.97 Å². The van der Waals surface area contributed by atoms with Gasteiger partial charge in [0.25, 0.3) is 0 Å². The lowest BCUT2D eigenvalue weighted by Gasteiger charge is -2.19. The topological polar surface area (TPSA) is 54.9 Å². The average Bonchev–Trinajstić information content (AvgIpc) is 3.21. The van der Waals surface area contributed by atoms with Crippen LogP contribution in [0.1, 0.15) is 41.6 Å². The Hall–Kier alpha value is -1.44. The number of thiophene rings is 2. The summed E-state index contributed by atoms with van der Waals surface area (Å²) in [6.45, 7) is 8.55. The van der Waals surface area contributed by atoms with Crippen LogP contribution in [0.25, 0.3) is 10.2 Å². The molecule has 4 nitrogen and oxygen atoms in total. The van der Waals surface area contributed by atoms with Crippen molar-refractivity contribution in [1.29, 1.82) is 0 Å². The quantitative estimate of drug-likeness (QED) is 0.424. The third-order valence-electron chi connectivity index (χ3n) is 4.20. The van der Waals surface area contributed by atoms with E-state index < -0.39 is 0 Å². The highest BCUT2D eigenvalue weighted by atomic mass is 32.2. The summed E-state index contributed by atoms with van der Waals surface area (Å²) in [6, 6.07) is 4.21. The smallest absolute Gasteiger partial charge is 0.230 e. The van der Waals surface area contributed by atoms with Crippen LogP contribution in [0.2, 0.25) is 0 Å². The summed E-state index contributed by atoms with van der Waals surface area (Å²) in [7, 11) is 0. The van der Waals surface area contributed by atoms with Gasteiger partial charge in [-0.3, -0.25) is 4.79 Å². The minimum atomic E-state index is 0.0467. The third kappa shape index (κ3) is 4.45. The largest absolute Gasteiger partial charge is 0.348 e. The van der Waals surface area contributed by atoms with Crippen LogP contribution in [0.15, 0.2) is 28.9 Å². The Balaban J connectivity index is 1.69. The fourth-order valence-corrected chi connectivity index (χ4v) is 5.56. The number of fused-ring (bicyclic) bond motifs is 1. The van der Waals surface area contributed by atoms with E-state index in [1.54, 1.807) is 29.0 Å². The maximum absolute atomic E-state index is 12.6. The Morgan fingerprint density at radius 2 is 2.12 bits per heavy atom. The lowest BCUT2D eigenvalue weighted by molar-refractivity contribution is -0.119. The first-order chi connectivity index (χ1) is 12.5. The molecule has 1 N–H and O–H groups in total. The molecule has 26 heavy (non-hydrogen) atoms. The molecule has 3 aromatic heterocycles. The molecule has 0 saturated carbocycles. The molecule has 0 aliphatic heterocycles. The molecule has 3 heterocycles. The van der Waals surface area contributed by atoms with Crippen LogP contribution in [0.3, 0.4) is 0 Å². The molecule has 0 aliphatic rings. The molecule has 1 unspecified atom stereocenters. The first-order valence-corrected chi connectivity index (χ1v) is 11.3. The Morgan fingerprint density at radius 3 is 2.81 bits per heavy atom. The highest BCUT2D eigenvalue weighted by Crippen LogP contribution is 2.34. The Labute approximate surface area is 166 Å². The standard InChI is InChI=1S/C19H23N3OS3/c1-11(2)8-14(15-6-5-7-24-15)22-16(23)9-25-18-17-12(3)13(4)26-19(17)21-10-20-18/h5-7,10-11,14H,8-9H2,1-4H3,(H,22,23). The van der Waals surface area contributed by atoms with Crippen LogP contribution in [0, 0.1) is 19.8 Å². The van der Waals surface area contributed by atoms with Crippen molar-refractivity contribution >= 4 is 50.6 Å². The normalized spacial score (nSPS) is 12.7. The summed E-state index contributed by atoms with van der Waals surface area (Å²) in [5.41, 5.74) is 1.21. The van der Waals surface area contributed by atoms with Crippen LogP contribution in [-0.2, 0) is 4.79 Å². The predicted molar refractivity (Wildman–Crippen MR) is 112 cm³/mol. The second-order valence-electron chi connectivity index (χ2n) is 6.70. The van der Waals surface area contributed by atoms with Gasteiger partial charge < -0.3 is 5.32 Å². The van der Waals surface area contributed by atoms with Gasteiger partial charge in [0.15, 0.2) is 0 Å². The second-order valence-corrected chi connectivity index (χ2v) is 9.84. The fourth-order valence-electron chi connectivity index (χ4n) is 2.84. The summed E-state index contributed by atoms with van der Waals surface area (Å²) >= 11 is 4.87. The van der Waals surface area contributed by atoms with E-state index in [0.717, 1.165) is 21.7 Å². The lowest BCUT2D eigenvalue weighted by Crippen LogP contribution is -2.30. The summed E-state index contributed by atoms with van der Waals surface area (Å²) in [5, 5.41) is 7.24. The van der Waals surface area contributed by atoms with Crippen LogP contribution in [0.5, 0.6) is 0 Å². The summed E-state index contributed by atoms with van der Waals surface area (Å²) in [6.07, 6.45) is 2.53. The van der Waals surface area contributed by atoms with Crippen LogP contribution < -0.4 is 5.32 Å². The van der Waals surface area contributed by atoms with Gasteiger partial charge >= 0.3 is 0 Å². The van der Waals surface area contributed by atoms with Crippen molar-refractivity contribution in [3.63, 3.8) is 0 Å². The molecular formula is C19H23N3OS3. The molecule has 7 heteroatoms. The molecule has 1 amide bonds. The Bertz CT molecular complexity index is 887. The van der Waals surface area contributed by atoms with Crippen LogP contribution >= 0.6 is 34.4 Å². The number of nitrogens with one attached hydrogen (secondary N) is 1. The van der Waals surface area contributed by atoms with Gasteiger partial charge in [-0.2, -0.15) is 0 Å². The number of nitrogens with zero attached hydrogens (tertiary/aromatic N) is 2. The summed E-state index contributed by atoms with van der Waals surface area (Å²) in [4.78, 5) is 24.8. The van der Waals surface area contributed by atoms with E-state index in [4.69, 9.17) is 0 Å². The highest BCUT2D eigenvalue weighted by Gasteiger charge is 2.18. The van der Waals surface area contributed by atoms with Crippen LogP contribution in [0.4, 0.5) is 0 Å². The van der Waals surface area contributed by atoms with E-state index in [-0.39, 0.29) is 11.9 Å². The van der Waals surface area contributed by atoms with Crippen LogP contribution in [-0.4, -0.2) is 21.6 Å². The molecule has 0 aromatic carbocycles. The molecule has 138 valence electrons. The third-order valence-corrected chi connectivity index (χ3v) is 7.29. The van der Waals surface area contributed by atoms with Crippen molar-refractivity contribution in [3.8, 4) is 0 Å². The van der Waals surface area contributed by atoms with Crippen molar-refractivity contribution in [3.05, 3.63) is 39.2 Å². The summed E-state index contributed by atoms with van der Waals surface area (Å²) < 4.78 is 0. The minimum Gasteiger partial charge on any atom is -0.348 e. The number of hydrogen-bond donors (Lipinski definition) is 1. The highest BCUT2D eigenvalue weighted by molar-refractivity contribution is 8.00. The molecule has 3 rings (SSSR count). The SMILES string of the molecule is Cc1sc2ncnc(SCC(=O)NC(CC(C)C)c3cccs3)c2c1C. The van der Waals surface area contributed by atoms with Crippen molar-refractivity contribution in [1.82, 2.24) is 15.3 Å². The first-order valence-electron chi connectivity index (χ1n) is 8.62. The lowest BCUT2D eigenvalue weighted by atomic mass is 10.0. The fraction of sp³-hybridized carbons (Fsp3) is 0.421. The van der Waals surface area contributed by atoms with Gasteiger partial charge in [0.05, 0.1) is 11.8 Å². The van der Waals surface area contributed by atoms with Gasteiger partial charge in [-0.05, 0) is 43.2 Å². The molecule has 0 fully saturated rings. The predicted octanol–water partition coefficient (Wildman–Crippen LogP) is 5.37. The molecule has 0 aliphatic carbocycles. The number of hydrogen-bond acceptors (Lipinski definition) is 6.